The molecule has 7 heteroatoms. The monoisotopic (exact) mass is 276 g/mol. The van der Waals surface area contributed by atoms with Crippen LogP contribution in [0.4, 0.5) is 5.82 Å². The van der Waals surface area contributed by atoms with Crippen LogP contribution in [0.15, 0.2) is 16.9 Å². The molecule has 3 rings (SSSR count). The highest BCUT2D eigenvalue weighted by Crippen LogP contribution is 2.11. The predicted molar refractivity (Wildman–Crippen MR) is 76.9 cm³/mol. The van der Waals surface area contributed by atoms with Gasteiger partial charge in [0.2, 0.25) is 0 Å². The van der Waals surface area contributed by atoms with Gasteiger partial charge >= 0.3 is 5.69 Å². The predicted octanol–water partition coefficient (Wildman–Crippen LogP) is 0.561. The summed E-state index contributed by atoms with van der Waals surface area (Å²) in [6.45, 7) is 6.63. The molecule has 2 N–H and O–H groups in total. The lowest BCUT2D eigenvalue weighted by Gasteiger charge is -2.20. The highest BCUT2D eigenvalue weighted by molar-refractivity contribution is 5.42. The third kappa shape index (κ3) is 2.82. The van der Waals surface area contributed by atoms with Crippen LogP contribution in [0.3, 0.4) is 0 Å². The van der Waals surface area contributed by atoms with Gasteiger partial charge < -0.3 is 10.2 Å². The number of aromatic amines is 1. The fourth-order valence-electron chi connectivity index (χ4n) is 2.65. The number of anilines is 1. The van der Waals surface area contributed by atoms with E-state index in [1.807, 2.05) is 6.07 Å². The minimum Gasteiger partial charge on any atom is -0.368 e. The van der Waals surface area contributed by atoms with Crippen molar-refractivity contribution in [3.05, 3.63) is 22.6 Å². The lowest BCUT2D eigenvalue weighted by molar-refractivity contribution is 0.294. The maximum Gasteiger partial charge on any atom is 0.364 e. The van der Waals surface area contributed by atoms with Crippen LogP contribution >= 0.6 is 0 Å². The second kappa shape index (κ2) is 5.62. The number of nitrogens with zero attached hydrogens (tertiary/aromatic N) is 4. The van der Waals surface area contributed by atoms with E-state index in [0.717, 1.165) is 13.1 Å². The average molecular weight is 276 g/mol. The largest absolute Gasteiger partial charge is 0.368 e. The maximum absolute atomic E-state index is 11.4. The van der Waals surface area contributed by atoms with Gasteiger partial charge in [0.1, 0.15) is 5.82 Å². The van der Waals surface area contributed by atoms with Crippen molar-refractivity contribution in [2.75, 3.05) is 31.5 Å². The van der Waals surface area contributed by atoms with Crippen molar-refractivity contribution in [3.8, 4) is 0 Å². The first-order valence-corrected chi connectivity index (χ1v) is 7.13. The number of H-pyrrole nitrogens is 1. The van der Waals surface area contributed by atoms with E-state index in [0.29, 0.717) is 17.4 Å². The number of rotatable bonds is 5. The van der Waals surface area contributed by atoms with Gasteiger partial charge in [-0.25, -0.2) is 9.89 Å². The first kappa shape index (κ1) is 13.1. The highest BCUT2D eigenvalue weighted by Gasteiger charge is 2.14. The highest BCUT2D eigenvalue weighted by atomic mass is 16.2. The van der Waals surface area contributed by atoms with Crippen molar-refractivity contribution in [1.82, 2.24) is 24.7 Å². The van der Waals surface area contributed by atoms with Crippen LogP contribution in [-0.2, 0) is 0 Å². The van der Waals surface area contributed by atoms with Gasteiger partial charge in [0.25, 0.3) is 0 Å². The molecule has 2 aromatic heterocycles. The first-order chi connectivity index (χ1) is 9.72. The molecule has 20 heavy (non-hydrogen) atoms. The van der Waals surface area contributed by atoms with Gasteiger partial charge in [-0.2, -0.15) is 9.61 Å². The lowest BCUT2D eigenvalue weighted by atomic mass is 10.1. The summed E-state index contributed by atoms with van der Waals surface area (Å²) < 4.78 is 1.27. The van der Waals surface area contributed by atoms with Crippen molar-refractivity contribution in [1.29, 1.82) is 0 Å². The Morgan fingerprint density at radius 1 is 1.40 bits per heavy atom. The Bertz CT molecular complexity index is 627. The SMILES string of the molecule is CC(CNc1ccc2n[nH]c(=O)n2n1)CN1CCCC1. The van der Waals surface area contributed by atoms with Crippen LogP contribution in [0.2, 0.25) is 0 Å². The van der Waals surface area contributed by atoms with Crippen LogP contribution in [0.5, 0.6) is 0 Å². The Morgan fingerprint density at radius 2 is 2.20 bits per heavy atom. The number of nitrogens with one attached hydrogen (secondary N) is 2. The number of hydrogen-bond acceptors (Lipinski definition) is 5. The zero-order valence-electron chi connectivity index (χ0n) is 11.7. The van der Waals surface area contributed by atoms with E-state index in [9.17, 15) is 4.79 Å². The summed E-state index contributed by atoms with van der Waals surface area (Å²) in [6.07, 6.45) is 2.64. The van der Waals surface area contributed by atoms with Gasteiger partial charge in [-0.15, -0.1) is 5.10 Å². The molecule has 0 bridgehead atoms. The molecule has 2 aromatic rings. The molecule has 1 aliphatic heterocycles. The van der Waals surface area contributed by atoms with Crippen molar-refractivity contribution in [2.45, 2.75) is 19.8 Å². The van der Waals surface area contributed by atoms with Crippen LogP contribution in [-0.4, -0.2) is 50.9 Å². The third-order valence-electron chi connectivity index (χ3n) is 3.67. The molecular weight excluding hydrogens is 256 g/mol. The van der Waals surface area contributed by atoms with Gasteiger partial charge in [0.05, 0.1) is 0 Å². The zero-order valence-corrected chi connectivity index (χ0v) is 11.7. The summed E-state index contributed by atoms with van der Waals surface area (Å²) in [5.74, 6) is 1.25. The summed E-state index contributed by atoms with van der Waals surface area (Å²) in [5.41, 5.74) is 0.222. The van der Waals surface area contributed by atoms with Gasteiger partial charge in [-0.05, 0) is 44.0 Å². The quantitative estimate of drug-likeness (QED) is 0.834. The van der Waals surface area contributed by atoms with Crippen LogP contribution in [0.25, 0.3) is 5.65 Å². The molecule has 1 unspecified atom stereocenters. The second-order valence-corrected chi connectivity index (χ2v) is 5.51. The summed E-state index contributed by atoms with van der Waals surface area (Å²) >= 11 is 0. The smallest absolute Gasteiger partial charge is 0.364 e. The van der Waals surface area contributed by atoms with Gasteiger partial charge in [0.15, 0.2) is 5.65 Å². The Kier molecular flexibility index (Phi) is 3.68. The fraction of sp³-hybridized carbons (Fsp3) is 0.615. The van der Waals surface area contributed by atoms with Gasteiger partial charge in [-0.3, -0.25) is 0 Å². The Balaban J connectivity index is 1.58. The molecular formula is C13H20N6O. The van der Waals surface area contributed by atoms with E-state index in [1.54, 1.807) is 6.07 Å². The van der Waals surface area contributed by atoms with Crippen LogP contribution in [0.1, 0.15) is 19.8 Å². The molecule has 3 heterocycles. The molecule has 1 aliphatic rings. The number of likely N-dealkylation sites (tertiary alicyclic amines) is 1. The zero-order chi connectivity index (χ0) is 13.9. The third-order valence-corrected chi connectivity index (χ3v) is 3.67. The topological polar surface area (TPSA) is 78.3 Å². The molecule has 108 valence electrons. The summed E-state index contributed by atoms with van der Waals surface area (Å²) in [6, 6.07) is 3.62. The number of aromatic nitrogens is 4. The van der Waals surface area contributed by atoms with Crippen LogP contribution in [0, 0.1) is 5.92 Å². The maximum atomic E-state index is 11.4. The Labute approximate surface area is 117 Å². The Morgan fingerprint density at radius 3 is 3.00 bits per heavy atom. The molecule has 0 amide bonds. The van der Waals surface area contributed by atoms with Crippen molar-refractivity contribution in [3.63, 3.8) is 0 Å². The van der Waals surface area contributed by atoms with Crippen molar-refractivity contribution < 1.29 is 0 Å². The molecule has 1 fully saturated rings. The standard InChI is InChI=1S/C13H20N6O/c1-10(9-18-6-2-3-7-18)8-14-11-4-5-12-15-16-13(20)19(12)17-11/h4-5,10H,2-3,6-9H2,1H3,(H,14,17)(H,16,20). The average Bonchev–Trinajstić information content (AvgIpc) is 3.07. The van der Waals surface area contributed by atoms with Crippen molar-refractivity contribution in [2.24, 2.45) is 5.92 Å². The molecule has 7 nitrogen and oxygen atoms in total. The first-order valence-electron chi connectivity index (χ1n) is 7.13. The van der Waals surface area contributed by atoms with E-state index >= 15 is 0 Å². The minimum atomic E-state index is -0.311. The van der Waals surface area contributed by atoms with Crippen molar-refractivity contribution >= 4 is 11.5 Å². The van der Waals surface area contributed by atoms with E-state index in [4.69, 9.17) is 0 Å². The molecule has 0 aromatic carbocycles. The van der Waals surface area contributed by atoms with E-state index < -0.39 is 0 Å². The molecule has 0 radical (unpaired) electrons. The molecule has 0 spiro atoms. The fourth-order valence-corrected chi connectivity index (χ4v) is 2.65. The Hall–Kier alpha value is -1.89. The summed E-state index contributed by atoms with van der Waals surface area (Å²) in [7, 11) is 0. The van der Waals surface area contributed by atoms with Crippen LogP contribution < -0.4 is 11.0 Å². The molecule has 1 saturated heterocycles. The van der Waals surface area contributed by atoms with E-state index in [-0.39, 0.29) is 5.69 Å². The van der Waals surface area contributed by atoms with E-state index in [2.05, 4.69) is 32.4 Å². The summed E-state index contributed by atoms with van der Waals surface area (Å²) in [4.78, 5) is 14.0. The van der Waals surface area contributed by atoms with Gasteiger partial charge in [0, 0.05) is 13.1 Å². The van der Waals surface area contributed by atoms with Gasteiger partial charge in [-0.1, -0.05) is 6.92 Å². The normalized spacial score (nSPS) is 17.6. The lowest BCUT2D eigenvalue weighted by Crippen LogP contribution is -2.29. The number of fused-ring (bicyclic) bond motifs is 1. The molecule has 0 saturated carbocycles. The number of hydrogen-bond donors (Lipinski definition) is 2. The second-order valence-electron chi connectivity index (χ2n) is 5.51. The summed E-state index contributed by atoms with van der Waals surface area (Å²) in [5, 5.41) is 13.7. The minimum absolute atomic E-state index is 0.311. The molecule has 1 atom stereocenters. The molecule has 0 aliphatic carbocycles. The van der Waals surface area contributed by atoms with E-state index in [1.165, 1.54) is 30.4 Å².